The van der Waals surface area contributed by atoms with E-state index in [-0.39, 0.29) is 18.7 Å². The highest BCUT2D eigenvalue weighted by atomic mass is 79.9. The second kappa shape index (κ2) is 7.01. The fraction of sp³-hybridized carbons (Fsp3) is 0.385. The fourth-order valence-corrected chi connectivity index (χ4v) is 3.22. The summed E-state index contributed by atoms with van der Waals surface area (Å²) >= 11 is 4.99. The molecule has 20 heavy (non-hydrogen) atoms. The monoisotopic (exact) mass is 357 g/mol. The summed E-state index contributed by atoms with van der Waals surface area (Å²) in [5.41, 5.74) is 1.74. The van der Waals surface area contributed by atoms with Crippen molar-refractivity contribution in [1.82, 2.24) is 9.78 Å². The van der Waals surface area contributed by atoms with Crippen LogP contribution in [0, 0.1) is 0 Å². The minimum atomic E-state index is -0.244. The number of nitrogens with zero attached hydrogens (tertiary/aromatic N) is 2. The van der Waals surface area contributed by atoms with Crippen molar-refractivity contribution in [1.29, 1.82) is 0 Å². The maximum Gasteiger partial charge on any atom is 0.283 e. The average molecular weight is 358 g/mol. The van der Waals surface area contributed by atoms with Gasteiger partial charge in [0.15, 0.2) is 0 Å². The van der Waals surface area contributed by atoms with Gasteiger partial charge >= 0.3 is 0 Å². The van der Waals surface area contributed by atoms with Gasteiger partial charge in [-0.2, -0.15) is 5.10 Å². The van der Waals surface area contributed by atoms with Crippen LogP contribution in [0.2, 0.25) is 0 Å². The average Bonchev–Trinajstić information content (AvgIpc) is 2.91. The van der Waals surface area contributed by atoms with Crippen molar-refractivity contribution in [2.75, 3.05) is 11.9 Å². The normalized spacial score (nSPS) is 10.8. The Morgan fingerprint density at radius 2 is 2.35 bits per heavy atom. The maximum absolute atomic E-state index is 12.0. The third-order valence-electron chi connectivity index (χ3n) is 2.95. The molecule has 0 aliphatic carbocycles. The third-order valence-corrected chi connectivity index (χ3v) is 4.68. The van der Waals surface area contributed by atoms with Crippen molar-refractivity contribution in [3.63, 3.8) is 0 Å². The SMILES string of the molecule is CCc1ccsc1CNc1cnn(CCO)c(=O)c1Br. The molecule has 0 fully saturated rings. The number of aryl methyl sites for hydroxylation is 1. The molecule has 0 saturated heterocycles. The van der Waals surface area contributed by atoms with Crippen LogP contribution >= 0.6 is 27.3 Å². The first-order chi connectivity index (χ1) is 9.67. The van der Waals surface area contributed by atoms with Gasteiger partial charge in [-0.05, 0) is 39.4 Å². The lowest BCUT2D eigenvalue weighted by atomic mass is 10.2. The molecule has 0 aromatic carbocycles. The molecular weight excluding hydrogens is 342 g/mol. The summed E-state index contributed by atoms with van der Waals surface area (Å²) in [5, 5.41) is 18.2. The van der Waals surface area contributed by atoms with Crippen molar-refractivity contribution in [3.05, 3.63) is 42.9 Å². The lowest BCUT2D eigenvalue weighted by Crippen LogP contribution is -2.25. The predicted molar refractivity (Wildman–Crippen MR) is 84.3 cm³/mol. The molecule has 0 aliphatic rings. The zero-order valence-electron chi connectivity index (χ0n) is 11.1. The zero-order valence-corrected chi connectivity index (χ0v) is 13.5. The number of aliphatic hydroxyl groups excluding tert-OH is 1. The van der Waals surface area contributed by atoms with E-state index in [0.29, 0.717) is 16.7 Å². The van der Waals surface area contributed by atoms with Gasteiger partial charge in [-0.25, -0.2) is 4.68 Å². The van der Waals surface area contributed by atoms with Crippen LogP contribution in [-0.4, -0.2) is 21.5 Å². The topological polar surface area (TPSA) is 67.2 Å². The zero-order chi connectivity index (χ0) is 14.5. The van der Waals surface area contributed by atoms with Crippen molar-refractivity contribution < 1.29 is 5.11 Å². The summed E-state index contributed by atoms with van der Waals surface area (Å²) in [4.78, 5) is 13.2. The van der Waals surface area contributed by atoms with Gasteiger partial charge in [-0.3, -0.25) is 4.79 Å². The van der Waals surface area contributed by atoms with Gasteiger partial charge in [0.25, 0.3) is 5.56 Å². The van der Waals surface area contributed by atoms with E-state index in [2.05, 4.69) is 44.7 Å². The Hall–Kier alpha value is -1.18. The molecule has 2 rings (SSSR count). The lowest BCUT2D eigenvalue weighted by molar-refractivity contribution is 0.266. The number of rotatable bonds is 6. The van der Waals surface area contributed by atoms with Crippen LogP contribution in [0.1, 0.15) is 17.4 Å². The number of anilines is 1. The molecule has 0 saturated carbocycles. The number of hydrogen-bond donors (Lipinski definition) is 2. The van der Waals surface area contributed by atoms with E-state index < -0.39 is 0 Å². The molecule has 0 aliphatic heterocycles. The van der Waals surface area contributed by atoms with E-state index in [1.165, 1.54) is 15.1 Å². The summed E-state index contributed by atoms with van der Waals surface area (Å²) in [6.45, 7) is 2.88. The second-order valence-electron chi connectivity index (χ2n) is 4.20. The third kappa shape index (κ3) is 3.28. The van der Waals surface area contributed by atoms with Crippen LogP contribution < -0.4 is 10.9 Å². The number of aliphatic hydroxyl groups is 1. The van der Waals surface area contributed by atoms with Gasteiger partial charge in [-0.1, -0.05) is 6.92 Å². The van der Waals surface area contributed by atoms with Crippen LogP contribution in [0.25, 0.3) is 0 Å². The van der Waals surface area contributed by atoms with Crippen LogP contribution in [0.4, 0.5) is 5.69 Å². The Balaban J connectivity index is 2.14. The van der Waals surface area contributed by atoms with Crippen molar-refractivity contribution in [2.45, 2.75) is 26.4 Å². The lowest BCUT2D eigenvalue weighted by Gasteiger charge is -2.10. The Morgan fingerprint density at radius 1 is 1.55 bits per heavy atom. The number of halogens is 1. The highest BCUT2D eigenvalue weighted by molar-refractivity contribution is 9.10. The molecule has 0 atom stereocenters. The molecule has 0 unspecified atom stereocenters. The summed E-state index contributed by atoms with van der Waals surface area (Å²) in [7, 11) is 0. The van der Waals surface area contributed by atoms with E-state index in [1.54, 1.807) is 17.5 Å². The molecule has 2 aromatic heterocycles. The molecule has 2 aromatic rings. The first-order valence-corrected chi connectivity index (χ1v) is 8.00. The van der Waals surface area contributed by atoms with Gasteiger partial charge in [0, 0.05) is 11.4 Å². The number of nitrogens with one attached hydrogen (secondary N) is 1. The molecule has 7 heteroatoms. The summed E-state index contributed by atoms with van der Waals surface area (Å²) in [6, 6.07) is 2.12. The smallest absolute Gasteiger partial charge is 0.283 e. The van der Waals surface area contributed by atoms with E-state index in [9.17, 15) is 4.79 Å². The molecule has 0 bridgehead atoms. The Labute approximate surface area is 129 Å². The summed E-state index contributed by atoms with van der Waals surface area (Å²) < 4.78 is 1.67. The molecule has 2 heterocycles. The second-order valence-corrected chi connectivity index (χ2v) is 5.99. The minimum absolute atomic E-state index is 0.110. The predicted octanol–water partition coefficient (Wildman–Crippen LogP) is 2.23. The first kappa shape index (κ1) is 15.2. The van der Waals surface area contributed by atoms with Crippen molar-refractivity contribution in [2.24, 2.45) is 0 Å². The molecule has 2 N–H and O–H groups in total. The minimum Gasteiger partial charge on any atom is -0.394 e. The van der Waals surface area contributed by atoms with Crippen LogP contribution in [0.5, 0.6) is 0 Å². The van der Waals surface area contributed by atoms with Gasteiger partial charge in [-0.15, -0.1) is 11.3 Å². The molecular formula is C13H16BrN3O2S. The Morgan fingerprint density at radius 3 is 3.05 bits per heavy atom. The highest BCUT2D eigenvalue weighted by Crippen LogP contribution is 2.21. The van der Waals surface area contributed by atoms with Gasteiger partial charge in [0.2, 0.25) is 0 Å². The van der Waals surface area contributed by atoms with Crippen molar-refractivity contribution in [3.8, 4) is 0 Å². The van der Waals surface area contributed by atoms with E-state index >= 15 is 0 Å². The van der Waals surface area contributed by atoms with Gasteiger partial charge < -0.3 is 10.4 Å². The highest BCUT2D eigenvalue weighted by Gasteiger charge is 2.09. The van der Waals surface area contributed by atoms with Crippen LogP contribution in [0.15, 0.2) is 26.9 Å². The standard InChI is InChI=1S/C13H16BrN3O2S/c1-2-9-3-6-20-11(9)8-15-10-7-16-17(4-5-18)13(19)12(10)14/h3,6-7,15,18H,2,4-5,8H2,1H3. The number of thiophene rings is 1. The Bertz CT molecular complexity index is 639. The van der Waals surface area contributed by atoms with Crippen LogP contribution in [0.3, 0.4) is 0 Å². The summed E-state index contributed by atoms with van der Waals surface area (Å²) in [5.74, 6) is 0. The first-order valence-electron chi connectivity index (χ1n) is 6.33. The molecule has 5 nitrogen and oxygen atoms in total. The van der Waals surface area contributed by atoms with Crippen LogP contribution in [-0.2, 0) is 19.5 Å². The van der Waals surface area contributed by atoms with E-state index in [1.807, 2.05) is 0 Å². The molecule has 0 radical (unpaired) electrons. The van der Waals surface area contributed by atoms with E-state index in [0.717, 1.165) is 6.42 Å². The number of aromatic nitrogens is 2. The maximum atomic E-state index is 12.0. The largest absolute Gasteiger partial charge is 0.394 e. The van der Waals surface area contributed by atoms with E-state index in [4.69, 9.17) is 5.11 Å². The fourth-order valence-electron chi connectivity index (χ4n) is 1.85. The Kier molecular flexibility index (Phi) is 5.33. The number of hydrogen-bond acceptors (Lipinski definition) is 5. The molecule has 108 valence electrons. The molecule has 0 amide bonds. The quantitative estimate of drug-likeness (QED) is 0.831. The van der Waals surface area contributed by atoms with Gasteiger partial charge in [0.1, 0.15) is 4.47 Å². The van der Waals surface area contributed by atoms with Crippen molar-refractivity contribution >= 4 is 33.0 Å². The van der Waals surface area contributed by atoms with Gasteiger partial charge in [0.05, 0.1) is 25.0 Å². The summed E-state index contributed by atoms with van der Waals surface area (Å²) in [6.07, 6.45) is 2.60. The molecule has 0 spiro atoms.